The van der Waals surface area contributed by atoms with Gasteiger partial charge >= 0.3 is 5.97 Å². The minimum absolute atomic E-state index is 0. The quantitative estimate of drug-likeness (QED) is 0.616. The van der Waals surface area contributed by atoms with Crippen LogP contribution in [0.3, 0.4) is 0 Å². The van der Waals surface area contributed by atoms with Gasteiger partial charge in [0.25, 0.3) is 0 Å². The van der Waals surface area contributed by atoms with Crippen molar-refractivity contribution in [1.82, 2.24) is 5.32 Å². The molecule has 2 heterocycles. The number of esters is 1. The van der Waals surface area contributed by atoms with E-state index in [9.17, 15) is 9.90 Å². The number of aliphatic hydroxyl groups excluding tert-OH is 1. The third-order valence-electron chi connectivity index (χ3n) is 3.16. The molecule has 2 aliphatic heterocycles. The van der Waals surface area contributed by atoms with Crippen LogP contribution in [0.5, 0.6) is 0 Å². The van der Waals surface area contributed by atoms with Crippen molar-refractivity contribution in [2.24, 2.45) is 5.92 Å². The summed E-state index contributed by atoms with van der Waals surface area (Å²) in [5, 5.41) is 12.8. The lowest BCUT2D eigenvalue weighted by Gasteiger charge is -2.26. The maximum atomic E-state index is 11.3. The van der Waals surface area contributed by atoms with Crippen molar-refractivity contribution in [2.45, 2.75) is 37.5 Å². The number of aliphatic hydroxyl groups is 1. The van der Waals surface area contributed by atoms with Gasteiger partial charge in [0.1, 0.15) is 0 Å². The summed E-state index contributed by atoms with van der Waals surface area (Å²) >= 11 is 0. The van der Waals surface area contributed by atoms with Crippen LogP contribution in [0.1, 0.15) is 19.3 Å². The summed E-state index contributed by atoms with van der Waals surface area (Å²) in [6, 6.07) is 0.323. The molecule has 0 saturated carbocycles. The smallest absolute Gasteiger partial charge is 0.310 e. The van der Waals surface area contributed by atoms with Gasteiger partial charge in [-0.15, -0.1) is 12.4 Å². The van der Waals surface area contributed by atoms with E-state index in [4.69, 9.17) is 4.74 Å². The lowest BCUT2D eigenvalue weighted by Crippen LogP contribution is -2.44. The minimum Gasteiger partial charge on any atom is -0.469 e. The van der Waals surface area contributed by atoms with Crippen molar-refractivity contribution in [2.75, 3.05) is 7.11 Å². The SMILES string of the molecule is COC(=O)C1CC2NC1CCC2O.Cl. The standard InChI is InChI=1S/C9H15NO3.ClH/c1-13-9(12)5-4-7-8(11)3-2-6(5)10-7;/h5-8,10-11H,2-4H2,1H3;1H. The first kappa shape index (κ1) is 11.8. The highest BCUT2D eigenvalue weighted by atomic mass is 35.5. The van der Waals surface area contributed by atoms with Crippen molar-refractivity contribution in [3.05, 3.63) is 0 Å². The topological polar surface area (TPSA) is 58.6 Å². The van der Waals surface area contributed by atoms with E-state index in [1.54, 1.807) is 0 Å². The number of carbonyl (C=O) groups is 1. The number of hydrogen-bond donors (Lipinski definition) is 2. The first-order chi connectivity index (χ1) is 6.22. The Labute approximate surface area is 89.4 Å². The summed E-state index contributed by atoms with van der Waals surface area (Å²) in [7, 11) is 1.42. The van der Waals surface area contributed by atoms with Crippen LogP contribution in [0.25, 0.3) is 0 Å². The second-order valence-corrected chi connectivity index (χ2v) is 3.89. The van der Waals surface area contributed by atoms with Crippen molar-refractivity contribution < 1.29 is 14.6 Å². The molecule has 14 heavy (non-hydrogen) atoms. The molecule has 0 spiro atoms. The molecule has 2 N–H and O–H groups in total. The number of nitrogens with one attached hydrogen (secondary N) is 1. The number of fused-ring (bicyclic) bond motifs is 2. The number of carbonyl (C=O) groups excluding carboxylic acids is 1. The Bertz CT molecular complexity index is 224. The summed E-state index contributed by atoms with van der Waals surface area (Å²) in [4.78, 5) is 11.3. The number of piperidine rings is 1. The van der Waals surface area contributed by atoms with Gasteiger partial charge in [-0.1, -0.05) is 0 Å². The minimum atomic E-state index is -0.286. The first-order valence-electron chi connectivity index (χ1n) is 4.74. The van der Waals surface area contributed by atoms with Crippen molar-refractivity contribution in [1.29, 1.82) is 0 Å². The van der Waals surface area contributed by atoms with E-state index in [0.29, 0.717) is 0 Å². The second kappa shape index (κ2) is 4.47. The average Bonchev–Trinajstić information content (AvgIpc) is 2.50. The van der Waals surface area contributed by atoms with Crippen LogP contribution in [0.2, 0.25) is 0 Å². The van der Waals surface area contributed by atoms with Gasteiger partial charge in [0.2, 0.25) is 0 Å². The van der Waals surface area contributed by atoms with Crippen LogP contribution in [-0.2, 0) is 9.53 Å². The van der Waals surface area contributed by atoms with Gasteiger partial charge in [-0.25, -0.2) is 0 Å². The largest absolute Gasteiger partial charge is 0.469 e. The number of rotatable bonds is 1. The van der Waals surface area contributed by atoms with Crippen LogP contribution in [0.15, 0.2) is 0 Å². The lowest BCUT2D eigenvalue weighted by molar-refractivity contribution is -0.145. The molecule has 5 heteroatoms. The Kier molecular flexibility index (Phi) is 3.75. The fraction of sp³-hybridized carbons (Fsp3) is 0.889. The highest BCUT2D eigenvalue weighted by Gasteiger charge is 2.44. The van der Waals surface area contributed by atoms with Gasteiger partial charge in [0, 0.05) is 12.1 Å². The molecule has 4 nitrogen and oxygen atoms in total. The maximum absolute atomic E-state index is 11.3. The predicted octanol–water partition coefficient (Wildman–Crippen LogP) is 0.0826. The molecular formula is C9H16ClNO3. The van der Waals surface area contributed by atoms with Crippen LogP contribution in [0, 0.1) is 5.92 Å². The second-order valence-electron chi connectivity index (χ2n) is 3.89. The predicted molar refractivity (Wildman–Crippen MR) is 53.3 cm³/mol. The van der Waals surface area contributed by atoms with Crippen LogP contribution < -0.4 is 5.32 Å². The fourth-order valence-corrected chi connectivity index (χ4v) is 2.41. The lowest BCUT2D eigenvalue weighted by atomic mass is 9.99. The van der Waals surface area contributed by atoms with Gasteiger partial charge < -0.3 is 15.2 Å². The summed E-state index contributed by atoms with van der Waals surface area (Å²) in [6.45, 7) is 0. The molecule has 0 aromatic carbocycles. The third kappa shape index (κ3) is 1.87. The molecule has 0 aromatic rings. The van der Waals surface area contributed by atoms with Crippen LogP contribution in [0.4, 0.5) is 0 Å². The molecule has 82 valence electrons. The Morgan fingerprint density at radius 1 is 1.43 bits per heavy atom. The van der Waals surface area contributed by atoms with Gasteiger partial charge in [-0.05, 0) is 19.3 Å². The Morgan fingerprint density at radius 3 is 2.71 bits per heavy atom. The van der Waals surface area contributed by atoms with E-state index >= 15 is 0 Å². The van der Waals surface area contributed by atoms with E-state index in [0.717, 1.165) is 19.3 Å². The van der Waals surface area contributed by atoms with Crippen molar-refractivity contribution >= 4 is 18.4 Å². The van der Waals surface area contributed by atoms with Gasteiger partial charge in [-0.2, -0.15) is 0 Å². The first-order valence-corrected chi connectivity index (χ1v) is 4.74. The highest BCUT2D eigenvalue weighted by Crippen LogP contribution is 2.32. The zero-order chi connectivity index (χ0) is 9.42. The highest BCUT2D eigenvalue weighted by molar-refractivity contribution is 5.85. The summed E-state index contributed by atoms with van der Waals surface area (Å²) in [5.41, 5.74) is 0. The number of halogens is 1. The molecule has 4 atom stereocenters. The molecule has 2 aliphatic rings. The average molecular weight is 222 g/mol. The molecule has 4 unspecified atom stereocenters. The number of ether oxygens (including phenoxy) is 1. The monoisotopic (exact) mass is 221 g/mol. The maximum Gasteiger partial charge on any atom is 0.310 e. The summed E-state index contributed by atoms with van der Waals surface area (Å²) in [6.07, 6.45) is 2.11. The van der Waals surface area contributed by atoms with Gasteiger partial charge in [-0.3, -0.25) is 4.79 Å². The fourth-order valence-electron chi connectivity index (χ4n) is 2.41. The normalized spacial score (nSPS) is 40.1. The van der Waals surface area contributed by atoms with E-state index in [-0.39, 0.29) is 42.5 Å². The van der Waals surface area contributed by atoms with Gasteiger partial charge in [0.15, 0.2) is 0 Å². The third-order valence-corrected chi connectivity index (χ3v) is 3.16. The molecule has 2 bridgehead atoms. The van der Waals surface area contributed by atoms with Crippen molar-refractivity contribution in [3.8, 4) is 0 Å². The molecule has 0 aromatic heterocycles. The molecular weight excluding hydrogens is 206 g/mol. The Hall–Kier alpha value is -0.320. The molecule has 0 radical (unpaired) electrons. The van der Waals surface area contributed by atoms with E-state index in [1.807, 2.05) is 0 Å². The van der Waals surface area contributed by atoms with Crippen LogP contribution in [-0.4, -0.2) is 36.4 Å². The van der Waals surface area contributed by atoms with Crippen LogP contribution >= 0.6 is 12.4 Å². The molecule has 0 amide bonds. The Balaban J connectivity index is 0.000000980. The summed E-state index contributed by atoms with van der Waals surface area (Å²) < 4.78 is 4.72. The molecule has 2 rings (SSSR count). The van der Waals surface area contributed by atoms with Gasteiger partial charge in [0.05, 0.1) is 19.1 Å². The molecule has 2 saturated heterocycles. The Morgan fingerprint density at radius 2 is 2.14 bits per heavy atom. The zero-order valence-corrected chi connectivity index (χ0v) is 8.92. The summed E-state index contributed by atoms with van der Waals surface area (Å²) in [5.74, 6) is -0.193. The van der Waals surface area contributed by atoms with E-state index in [2.05, 4.69) is 5.32 Å². The zero-order valence-electron chi connectivity index (χ0n) is 8.10. The number of methoxy groups -OCH3 is 1. The molecule has 0 aliphatic carbocycles. The van der Waals surface area contributed by atoms with E-state index in [1.165, 1.54) is 7.11 Å². The molecule has 2 fully saturated rings. The number of hydrogen-bond acceptors (Lipinski definition) is 4. The van der Waals surface area contributed by atoms with E-state index < -0.39 is 0 Å². The van der Waals surface area contributed by atoms with Crippen molar-refractivity contribution in [3.63, 3.8) is 0 Å².